The summed E-state index contributed by atoms with van der Waals surface area (Å²) < 4.78 is 0. The topological polar surface area (TPSA) is 0 Å². The van der Waals surface area contributed by atoms with Crippen LogP contribution in [0.5, 0.6) is 0 Å². The maximum absolute atomic E-state index is 2.26. The minimum Gasteiger partial charge on any atom is -0.0942 e. The average molecular weight is 324 g/mol. The summed E-state index contributed by atoms with van der Waals surface area (Å²) in [5.74, 6) is 2.70. The molecule has 0 aromatic carbocycles. The van der Waals surface area contributed by atoms with Crippen LogP contribution in [-0.4, -0.2) is 11.5 Å². The Labute approximate surface area is 118 Å². The normalized spacial score (nSPS) is 9.00. The van der Waals surface area contributed by atoms with Crippen molar-refractivity contribution in [3.8, 4) is 0 Å². The molecule has 0 radical (unpaired) electrons. The summed E-state index contributed by atoms with van der Waals surface area (Å²) in [5, 5.41) is 0. The maximum Gasteiger partial charge on any atom is 0.00369 e. The van der Waals surface area contributed by atoms with Gasteiger partial charge in [-0.25, -0.2) is 0 Å². The van der Waals surface area contributed by atoms with E-state index in [0.717, 1.165) is 0 Å². The first-order chi connectivity index (χ1) is 5.91. The summed E-state index contributed by atoms with van der Waals surface area (Å²) >= 11 is 0. The Morgan fingerprint density at radius 1 is 0.643 bits per heavy atom. The molecule has 0 bridgehead atoms. The van der Waals surface area contributed by atoms with E-state index >= 15 is 0 Å². The van der Waals surface area contributed by atoms with Crippen LogP contribution in [0.25, 0.3) is 0 Å². The zero-order valence-corrected chi connectivity index (χ0v) is 12.7. The van der Waals surface area contributed by atoms with Gasteiger partial charge in [-0.1, -0.05) is 61.1 Å². The van der Waals surface area contributed by atoms with Gasteiger partial charge in [0.1, 0.15) is 0 Å². The van der Waals surface area contributed by atoms with Crippen molar-refractivity contribution in [2.24, 2.45) is 0 Å². The van der Waals surface area contributed by atoms with E-state index in [-0.39, 0.29) is 33.0 Å². The van der Waals surface area contributed by atoms with Crippen molar-refractivity contribution in [2.45, 2.75) is 52.4 Å². The minimum absolute atomic E-state index is 0. The third-order valence-electron chi connectivity index (χ3n) is 1.75. The summed E-state index contributed by atoms with van der Waals surface area (Å²) in [6.45, 7) is 4.53. The van der Waals surface area contributed by atoms with Gasteiger partial charge in [0.25, 0.3) is 0 Å². The van der Waals surface area contributed by atoms with Gasteiger partial charge in [-0.15, -0.1) is 0 Å². The molecular formula is C10H22Ni2S2. The smallest absolute Gasteiger partial charge is 0.00369 e. The SMILES string of the molecule is CCCCCSSCCCCC.[Ni].[Ni]. The third kappa shape index (κ3) is 19.3. The van der Waals surface area contributed by atoms with E-state index in [1.165, 1.54) is 50.0 Å². The minimum atomic E-state index is 0. The van der Waals surface area contributed by atoms with E-state index < -0.39 is 0 Å². The Kier molecular flexibility index (Phi) is 30.2. The van der Waals surface area contributed by atoms with Gasteiger partial charge in [0.15, 0.2) is 0 Å². The molecule has 0 aromatic rings. The summed E-state index contributed by atoms with van der Waals surface area (Å²) in [6, 6.07) is 0. The molecule has 94 valence electrons. The van der Waals surface area contributed by atoms with Crippen LogP contribution in [0, 0.1) is 0 Å². The van der Waals surface area contributed by atoms with E-state index in [2.05, 4.69) is 35.4 Å². The van der Waals surface area contributed by atoms with Gasteiger partial charge in [-0.2, -0.15) is 0 Å². The molecule has 0 spiro atoms. The van der Waals surface area contributed by atoms with Crippen molar-refractivity contribution >= 4 is 21.6 Å². The Morgan fingerprint density at radius 2 is 1.00 bits per heavy atom. The van der Waals surface area contributed by atoms with Gasteiger partial charge < -0.3 is 0 Å². The van der Waals surface area contributed by atoms with E-state index in [1.54, 1.807) is 0 Å². The van der Waals surface area contributed by atoms with Crippen LogP contribution in [0.2, 0.25) is 0 Å². The molecule has 0 atom stereocenters. The fourth-order valence-corrected chi connectivity index (χ4v) is 3.23. The van der Waals surface area contributed by atoms with Crippen molar-refractivity contribution in [1.82, 2.24) is 0 Å². The molecule has 0 amide bonds. The number of hydrogen-bond acceptors (Lipinski definition) is 2. The average Bonchev–Trinajstić information content (AvgIpc) is 2.10. The molecule has 0 aliphatic carbocycles. The van der Waals surface area contributed by atoms with Gasteiger partial charge in [-0.05, 0) is 12.8 Å². The van der Waals surface area contributed by atoms with E-state index in [0.29, 0.717) is 0 Å². The molecule has 0 heterocycles. The summed E-state index contributed by atoms with van der Waals surface area (Å²) in [6.07, 6.45) is 8.32. The Balaban J connectivity index is -0.000000605. The maximum atomic E-state index is 2.26. The van der Waals surface area contributed by atoms with Crippen LogP contribution in [0.15, 0.2) is 0 Å². The second-order valence-corrected chi connectivity index (χ2v) is 5.76. The summed E-state index contributed by atoms with van der Waals surface area (Å²) in [5.41, 5.74) is 0. The van der Waals surface area contributed by atoms with Gasteiger partial charge in [-0.3, -0.25) is 0 Å². The predicted octanol–water partition coefficient (Wildman–Crippen LogP) is 4.74. The Bertz CT molecular complexity index is 72.5. The van der Waals surface area contributed by atoms with Crippen molar-refractivity contribution in [3.05, 3.63) is 0 Å². The van der Waals surface area contributed by atoms with Crippen LogP contribution in [0.3, 0.4) is 0 Å². The van der Waals surface area contributed by atoms with Gasteiger partial charge in [0.05, 0.1) is 0 Å². The third-order valence-corrected chi connectivity index (χ3v) is 4.32. The molecule has 0 saturated heterocycles. The van der Waals surface area contributed by atoms with Crippen LogP contribution in [0.4, 0.5) is 0 Å². The van der Waals surface area contributed by atoms with Crippen LogP contribution in [0.1, 0.15) is 52.4 Å². The zero-order chi connectivity index (χ0) is 9.07. The largest absolute Gasteiger partial charge is 0.0942 e. The Morgan fingerprint density at radius 3 is 1.29 bits per heavy atom. The van der Waals surface area contributed by atoms with Crippen molar-refractivity contribution in [2.75, 3.05) is 11.5 Å². The molecule has 0 saturated carbocycles. The molecule has 0 aliphatic rings. The van der Waals surface area contributed by atoms with Gasteiger partial charge >= 0.3 is 0 Å². The zero-order valence-electron chi connectivity index (χ0n) is 9.11. The molecule has 0 fully saturated rings. The first-order valence-electron chi connectivity index (χ1n) is 5.16. The molecule has 0 nitrogen and oxygen atoms in total. The van der Waals surface area contributed by atoms with E-state index in [4.69, 9.17) is 0 Å². The number of hydrogen-bond donors (Lipinski definition) is 0. The molecule has 0 N–H and O–H groups in total. The number of unbranched alkanes of at least 4 members (excludes halogenated alkanes) is 4. The monoisotopic (exact) mass is 322 g/mol. The van der Waals surface area contributed by atoms with E-state index in [1.807, 2.05) is 0 Å². The molecule has 0 rings (SSSR count). The first kappa shape index (κ1) is 21.0. The van der Waals surface area contributed by atoms with Gasteiger partial charge in [0.2, 0.25) is 0 Å². The first-order valence-corrected chi connectivity index (χ1v) is 7.65. The quantitative estimate of drug-likeness (QED) is 0.341. The van der Waals surface area contributed by atoms with E-state index in [9.17, 15) is 0 Å². The fourth-order valence-electron chi connectivity index (χ4n) is 0.940. The predicted molar refractivity (Wildman–Crippen MR) is 64.0 cm³/mol. The summed E-state index contributed by atoms with van der Waals surface area (Å²) in [4.78, 5) is 0. The molecular weight excluding hydrogens is 302 g/mol. The van der Waals surface area contributed by atoms with Crippen LogP contribution >= 0.6 is 21.6 Å². The van der Waals surface area contributed by atoms with Gasteiger partial charge in [0, 0.05) is 44.5 Å². The van der Waals surface area contributed by atoms with Crippen LogP contribution in [-0.2, 0) is 33.0 Å². The molecule has 0 aromatic heterocycles. The second kappa shape index (κ2) is 20.1. The number of rotatable bonds is 9. The van der Waals surface area contributed by atoms with Crippen LogP contribution < -0.4 is 0 Å². The standard InChI is InChI=1S/C10H22S2.2Ni/c1-3-5-7-9-11-12-10-8-6-4-2;;/h3-10H2,1-2H3;;. The Hall–Kier alpha value is 1.69. The molecule has 14 heavy (non-hydrogen) atoms. The molecule has 0 unspecified atom stereocenters. The fraction of sp³-hybridized carbons (Fsp3) is 1.00. The van der Waals surface area contributed by atoms with Crippen molar-refractivity contribution in [1.29, 1.82) is 0 Å². The van der Waals surface area contributed by atoms with Crippen molar-refractivity contribution in [3.63, 3.8) is 0 Å². The van der Waals surface area contributed by atoms with Crippen molar-refractivity contribution < 1.29 is 33.0 Å². The summed E-state index contributed by atoms with van der Waals surface area (Å²) in [7, 11) is 4.12. The second-order valence-electron chi connectivity index (χ2n) is 3.06. The molecule has 4 heteroatoms. The molecule has 0 aliphatic heterocycles.